The van der Waals surface area contributed by atoms with Crippen molar-refractivity contribution in [1.82, 2.24) is 0 Å². The van der Waals surface area contributed by atoms with Crippen LogP contribution in [0.2, 0.25) is 0 Å². The van der Waals surface area contributed by atoms with Gasteiger partial charge in [0.15, 0.2) is 6.10 Å². The van der Waals surface area contributed by atoms with Crippen molar-refractivity contribution in [1.29, 1.82) is 0 Å². The first-order valence-corrected chi connectivity index (χ1v) is 21.1. The Morgan fingerprint density at radius 2 is 1.09 bits per heavy atom. The van der Waals surface area contributed by atoms with Gasteiger partial charge in [-0.3, -0.25) is 18.4 Å². The zero-order valence-corrected chi connectivity index (χ0v) is 32.9. The van der Waals surface area contributed by atoms with Gasteiger partial charge in [0.05, 0.1) is 6.61 Å². The number of ether oxygens (including phenoxy) is 2. The van der Waals surface area contributed by atoms with Gasteiger partial charge in [-0.15, -0.1) is 6.42 Å². The minimum atomic E-state index is -5.39. The average molecular weight is 825 g/mol. The SMILES string of the molecule is C#CC#CC#CC#CC#CC#CC(=O)OC[C@@H](COP(=O)(O)OC1C(O)[C@@H](OP(=O)(O)O)C(O)[C@@H](O)[C@H]1O)OC(=O)CCCCCCCCCCCCCCC. The maximum atomic E-state index is 12.8. The molecule has 1 aliphatic carbocycles. The van der Waals surface area contributed by atoms with Gasteiger partial charge in [-0.1, -0.05) is 84.0 Å². The third kappa shape index (κ3) is 23.4. The van der Waals surface area contributed by atoms with Crippen LogP contribution in [-0.4, -0.2) is 103 Å². The smallest absolute Gasteiger partial charge is 0.456 e. The zero-order valence-electron chi connectivity index (χ0n) is 31.1. The molecule has 4 unspecified atom stereocenters. The molecule has 0 saturated heterocycles. The van der Waals surface area contributed by atoms with Crippen molar-refractivity contribution < 1.29 is 76.9 Å². The molecule has 0 aromatic heterocycles. The van der Waals surface area contributed by atoms with Crippen LogP contribution in [0.25, 0.3) is 0 Å². The van der Waals surface area contributed by atoms with Crippen molar-refractivity contribution in [2.45, 2.75) is 140 Å². The minimum Gasteiger partial charge on any atom is -0.456 e. The molecule has 8 atom stereocenters. The first kappa shape index (κ1) is 50.4. The normalized spacial score (nSPS) is 21.5. The summed E-state index contributed by atoms with van der Waals surface area (Å²) in [6.45, 7) is 0.517. The van der Waals surface area contributed by atoms with Gasteiger partial charge in [0.2, 0.25) is 0 Å². The number of phosphoric acid groups is 2. The highest BCUT2D eigenvalue weighted by Crippen LogP contribution is 2.49. The van der Waals surface area contributed by atoms with E-state index in [1.807, 2.05) is 5.92 Å². The van der Waals surface area contributed by atoms with Crippen LogP contribution in [0.5, 0.6) is 0 Å². The number of hydrogen-bond donors (Lipinski definition) is 7. The summed E-state index contributed by atoms with van der Waals surface area (Å²) in [6, 6.07) is 0. The quantitative estimate of drug-likeness (QED) is 0.0242. The van der Waals surface area contributed by atoms with Gasteiger partial charge in [-0.05, 0) is 65.6 Å². The van der Waals surface area contributed by atoms with Gasteiger partial charge in [-0.25, -0.2) is 13.9 Å². The molecule has 0 aromatic carbocycles. The van der Waals surface area contributed by atoms with Gasteiger partial charge in [0, 0.05) is 12.3 Å². The van der Waals surface area contributed by atoms with E-state index in [1.165, 1.54) is 44.9 Å². The molecule has 16 nitrogen and oxygen atoms in total. The number of aliphatic hydroxyl groups excluding tert-OH is 4. The molecular formula is C38H50O16P2. The van der Waals surface area contributed by atoms with E-state index in [1.54, 1.807) is 0 Å². The lowest BCUT2D eigenvalue weighted by molar-refractivity contribution is -0.216. The minimum absolute atomic E-state index is 0.0333. The molecule has 308 valence electrons. The summed E-state index contributed by atoms with van der Waals surface area (Å²) >= 11 is 0. The number of carbonyl (C=O) groups is 2. The molecule has 0 heterocycles. The summed E-state index contributed by atoms with van der Waals surface area (Å²) in [7, 11) is -10.8. The van der Waals surface area contributed by atoms with E-state index in [2.05, 4.69) is 70.7 Å². The molecule has 18 heteroatoms. The summed E-state index contributed by atoms with van der Waals surface area (Å²) in [4.78, 5) is 53.4. The van der Waals surface area contributed by atoms with Crippen molar-refractivity contribution in [3.8, 4) is 71.5 Å². The van der Waals surface area contributed by atoms with Crippen molar-refractivity contribution >= 4 is 27.6 Å². The third-order valence-corrected chi connectivity index (χ3v) is 9.41. The zero-order chi connectivity index (χ0) is 41.8. The molecule has 0 amide bonds. The standard InChI is InChI=1S/C38H50O16P2/c1-3-5-7-9-11-13-15-16-17-19-21-23-25-27-32(40)52-30(28-50-31(39)26-24-22-20-18-14-12-10-8-6-4-2)29-51-56(48,49)54-38-35(43)33(41)34(42)37(36(38)44)53-55(45,46)47/h2,30,33-38,41-44H,3,5,7,9,11,13,15-17,19,21,23,25,27-29H2,1H3,(H,48,49)(H2,45,46,47)/t30-,33+,34?,35+,36?,37-,38?/m0/s1. The van der Waals surface area contributed by atoms with Crippen molar-refractivity contribution in [3.05, 3.63) is 0 Å². The molecule has 1 fully saturated rings. The summed E-state index contributed by atoms with van der Waals surface area (Å²) in [5.41, 5.74) is 0. The van der Waals surface area contributed by atoms with Gasteiger partial charge in [0.1, 0.15) is 43.2 Å². The fraction of sp³-hybridized carbons (Fsp3) is 0.632. The van der Waals surface area contributed by atoms with Crippen LogP contribution in [0.3, 0.4) is 0 Å². The lowest BCUT2D eigenvalue weighted by Gasteiger charge is -2.43. The van der Waals surface area contributed by atoms with Crippen LogP contribution in [0.4, 0.5) is 0 Å². The predicted octanol–water partition coefficient (Wildman–Crippen LogP) is 2.01. The molecule has 0 spiro atoms. The molecule has 0 aliphatic heterocycles. The Morgan fingerprint density at radius 1 is 0.625 bits per heavy atom. The Hall–Kier alpha value is -3.64. The lowest BCUT2D eigenvalue weighted by atomic mass is 9.85. The van der Waals surface area contributed by atoms with E-state index in [9.17, 15) is 44.0 Å². The largest absolute Gasteiger partial charge is 0.472 e. The fourth-order valence-electron chi connectivity index (χ4n) is 5.14. The van der Waals surface area contributed by atoms with Crippen LogP contribution in [0.1, 0.15) is 96.8 Å². The first-order valence-electron chi connectivity index (χ1n) is 18.1. The van der Waals surface area contributed by atoms with Crippen LogP contribution >= 0.6 is 15.6 Å². The van der Waals surface area contributed by atoms with Gasteiger partial charge in [0.25, 0.3) is 0 Å². The second-order valence-electron chi connectivity index (χ2n) is 12.5. The maximum absolute atomic E-state index is 12.8. The number of unbranched alkanes of at least 4 members (excludes halogenated alkanes) is 12. The van der Waals surface area contributed by atoms with E-state index in [-0.39, 0.29) is 6.42 Å². The highest BCUT2D eigenvalue weighted by atomic mass is 31.2. The monoisotopic (exact) mass is 824 g/mol. The van der Waals surface area contributed by atoms with E-state index in [0.717, 1.165) is 32.1 Å². The molecule has 56 heavy (non-hydrogen) atoms. The topological polar surface area (TPSA) is 256 Å². The van der Waals surface area contributed by atoms with E-state index >= 15 is 0 Å². The molecule has 1 aliphatic rings. The van der Waals surface area contributed by atoms with Gasteiger partial charge in [-0.2, -0.15) is 0 Å². The van der Waals surface area contributed by atoms with Gasteiger partial charge < -0.3 is 44.6 Å². The number of terminal acetylenes is 1. The number of hydrogen-bond acceptors (Lipinski definition) is 13. The third-order valence-electron chi connectivity index (χ3n) is 7.90. The first-order chi connectivity index (χ1) is 26.6. The number of phosphoric ester groups is 2. The average Bonchev–Trinajstić information content (AvgIpc) is 3.14. The molecule has 1 rings (SSSR count). The summed E-state index contributed by atoms with van der Waals surface area (Å²) in [5.74, 6) is 23.0. The van der Waals surface area contributed by atoms with E-state index < -0.39 is 83.5 Å². The van der Waals surface area contributed by atoms with Gasteiger partial charge >= 0.3 is 27.6 Å². The van der Waals surface area contributed by atoms with Crippen LogP contribution in [0.15, 0.2) is 0 Å². The van der Waals surface area contributed by atoms with Crippen molar-refractivity contribution in [3.63, 3.8) is 0 Å². The van der Waals surface area contributed by atoms with Crippen LogP contribution < -0.4 is 0 Å². The van der Waals surface area contributed by atoms with Crippen LogP contribution in [-0.2, 0) is 41.8 Å². The fourth-order valence-corrected chi connectivity index (χ4v) is 6.68. The van der Waals surface area contributed by atoms with E-state index in [0.29, 0.717) is 6.42 Å². The molecular weight excluding hydrogens is 774 g/mol. The highest BCUT2D eigenvalue weighted by molar-refractivity contribution is 7.47. The second-order valence-corrected chi connectivity index (χ2v) is 15.1. The lowest BCUT2D eigenvalue weighted by Crippen LogP contribution is -2.64. The Kier molecular flexibility index (Phi) is 25.8. The number of esters is 2. The molecule has 0 bridgehead atoms. The number of aliphatic hydroxyl groups is 4. The molecule has 1 saturated carbocycles. The molecule has 0 radical (unpaired) electrons. The van der Waals surface area contributed by atoms with E-state index in [4.69, 9.17) is 34.7 Å². The van der Waals surface area contributed by atoms with Crippen LogP contribution in [0, 0.1) is 71.5 Å². The molecule has 0 aromatic rings. The maximum Gasteiger partial charge on any atom is 0.472 e. The Labute approximate surface area is 328 Å². The molecule has 7 N–H and O–H groups in total. The Morgan fingerprint density at radius 3 is 1.59 bits per heavy atom. The summed E-state index contributed by atoms with van der Waals surface area (Å²) < 4.78 is 48.4. The second kappa shape index (κ2) is 28.7. The summed E-state index contributed by atoms with van der Waals surface area (Å²) in [5, 5.41) is 40.9. The highest BCUT2D eigenvalue weighted by Gasteiger charge is 2.54. The van der Waals surface area contributed by atoms with Crippen molar-refractivity contribution in [2.24, 2.45) is 0 Å². The number of rotatable bonds is 24. The summed E-state index contributed by atoms with van der Waals surface area (Å²) in [6.07, 6.45) is 3.86. The Bertz CT molecular complexity index is 1690. The number of carbonyl (C=O) groups excluding carboxylic acids is 2. The predicted molar refractivity (Wildman–Crippen MR) is 200 cm³/mol. The van der Waals surface area contributed by atoms with Crippen molar-refractivity contribution in [2.75, 3.05) is 13.2 Å². The Balaban J connectivity index is 2.82.